The third kappa shape index (κ3) is 6.65. The minimum atomic E-state index is -2.62. The molecule has 0 aliphatic heterocycles. The van der Waals surface area contributed by atoms with Crippen molar-refractivity contribution >= 4 is 5.78 Å². The zero-order chi connectivity index (χ0) is 23.6. The molecular weight excluding hydrogens is 432 g/mol. The number of halogens is 2. The maximum atomic E-state index is 12.6. The number of methoxy groups -OCH3 is 1. The number of hydrogen-bond donors (Lipinski definition) is 0. The lowest BCUT2D eigenvalue weighted by Gasteiger charge is -2.10. The molecule has 8 heteroatoms. The summed E-state index contributed by atoms with van der Waals surface area (Å²) < 4.78 is 46.6. The number of para-hydroxylation sites is 1. The van der Waals surface area contributed by atoms with E-state index in [1.807, 2.05) is 0 Å². The van der Waals surface area contributed by atoms with Crippen LogP contribution in [0.25, 0.3) is 11.5 Å². The molecule has 33 heavy (non-hydrogen) atoms. The second-order valence-corrected chi connectivity index (χ2v) is 7.06. The third-order valence-electron chi connectivity index (χ3n) is 4.70. The molecule has 3 rings (SSSR count). The van der Waals surface area contributed by atoms with Gasteiger partial charge in [-0.05, 0) is 36.8 Å². The van der Waals surface area contributed by atoms with E-state index in [9.17, 15) is 13.6 Å². The van der Waals surface area contributed by atoms with Crippen molar-refractivity contribution in [1.82, 2.24) is 4.98 Å². The number of hydrogen-bond acceptors (Lipinski definition) is 6. The molecule has 0 amide bonds. The highest BCUT2D eigenvalue weighted by Crippen LogP contribution is 2.32. The minimum absolute atomic E-state index is 0.125. The smallest absolute Gasteiger partial charge is 0.272 e. The van der Waals surface area contributed by atoms with Crippen molar-refractivity contribution in [3.63, 3.8) is 0 Å². The quantitative estimate of drug-likeness (QED) is 0.185. The molecule has 3 aromatic rings. The Hall–Kier alpha value is -3.68. The van der Waals surface area contributed by atoms with E-state index < -0.39 is 13.0 Å². The molecule has 0 fully saturated rings. The normalized spacial score (nSPS) is 10.8. The van der Waals surface area contributed by atoms with E-state index in [4.69, 9.17) is 18.6 Å². The van der Waals surface area contributed by atoms with E-state index >= 15 is 0 Å². The van der Waals surface area contributed by atoms with Gasteiger partial charge in [0.25, 0.3) is 6.43 Å². The van der Waals surface area contributed by atoms with Gasteiger partial charge in [-0.25, -0.2) is 13.8 Å². The number of aryl methyl sites for hydroxylation is 1. The summed E-state index contributed by atoms with van der Waals surface area (Å²) in [6.45, 7) is 3.37. The first-order chi connectivity index (χ1) is 16.0. The number of rotatable bonds is 13. The zero-order valence-corrected chi connectivity index (χ0v) is 18.3. The molecule has 1 aromatic heterocycles. The average molecular weight is 457 g/mol. The van der Waals surface area contributed by atoms with E-state index in [1.165, 1.54) is 12.3 Å². The number of alkyl halides is 2. The van der Waals surface area contributed by atoms with Crippen LogP contribution >= 0.6 is 0 Å². The fourth-order valence-electron chi connectivity index (χ4n) is 3.08. The van der Waals surface area contributed by atoms with Gasteiger partial charge in [0.05, 0.1) is 25.0 Å². The Bertz CT molecular complexity index is 1080. The molecule has 0 atom stereocenters. The van der Waals surface area contributed by atoms with Gasteiger partial charge >= 0.3 is 0 Å². The average Bonchev–Trinajstić information content (AvgIpc) is 3.30. The second-order valence-electron chi connectivity index (χ2n) is 7.06. The van der Waals surface area contributed by atoms with Crippen molar-refractivity contribution < 1.29 is 32.2 Å². The molecule has 6 nitrogen and oxygen atoms in total. The summed E-state index contributed by atoms with van der Waals surface area (Å²) >= 11 is 0. The minimum Gasteiger partial charge on any atom is -0.493 e. The molecule has 0 aliphatic carbocycles. The van der Waals surface area contributed by atoms with Crippen LogP contribution < -0.4 is 14.2 Å². The number of nitrogens with zero attached hydrogens (tertiary/aromatic N) is 1. The van der Waals surface area contributed by atoms with E-state index in [0.717, 1.165) is 0 Å². The summed E-state index contributed by atoms with van der Waals surface area (Å²) in [4.78, 5) is 17.1. The first-order valence-corrected chi connectivity index (χ1v) is 10.4. The van der Waals surface area contributed by atoms with Crippen molar-refractivity contribution in [3.8, 4) is 28.7 Å². The van der Waals surface area contributed by atoms with Crippen LogP contribution in [0.2, 0.25) is 0 Å². The van der Waals surface area contributed by atoms with Crippen LogP contribution in [-0.2, 0) is 6.42 Å². The van der Waals surface area contributed by atoms with Gasteiger partial charge in [0.1, 0.15) is 18.6 Å². The highest BCUT2D eigenvalue weighted by atomic mass is 19.3. The predicted octanol–water partition coefficient (Wildman–Crippen LogP) is 5.76. The van der Waals surface area contributed by atoms with Gasteiger partial charge in [0.2, 0.25) is 5.89 Å². The lowest BCUT2D eigenvalue weighted by molar-refractivity contribution is 0.0799. The fourth-order valence-corrected chi connectivity index (χ4v) is 3.08. The Morgan fingerprint density at radius 2 is 1.97 bits per heavy atom. The zero-order valence-electron chi connectivity index (χ0n) is 18.3. The Kier molecular flexibility index (Phi) is 8.57. The van der Waals surface area contributed by atoms with Crippen molar-refractivity contribution in [2.24, 2.45) is 0 Å². The summed E-state index contributed by atoms with van der Waals surface area (Å²) in [6.07, 6.45) is 1.78. The van der Waals surface area contributed by atoms with Crippen LogP contribution in [-0.4, -0.2) is 37.5 Å². The largest absolute Gasteiger partial charge is 0.493 e. The van der Waals surface area contributed by atoms with E-state index in [0.29, 0.717) is 48.1 Å². The monoisotopic (exact) mass is 457 g/mol. The Morgan fingerprint density at radius 1 is 1.15 bits per heavy atom. The van der Waals surface area contributed by atoms with Gasteiger partial charge in [0, 0.05) is 18.4 Å². The van der Waals surface area contributed by atoms with Crippen LogP contribution in [0, 0.1) is 0 Å². The molecule has 174 valence electrons. The van der Waals surface area contributed by atoms with Crippen molar-refractivity contribution in [2.45, 2.75) is 25.7 Å². The van der Waals surface area contributed by atoms with E-state index in [2.05, 4.69) is 11.6 Å². The van der Waals surface area contributed by atoms with Gasteiger partial charge in [-0.2, -0.15) is 0 Å². The molecule has 0 saturated carbocycles. The molecular formula is C25H25F2NO5. The standard InChI is InChI=1S/C25H25F2NO5/c1-3-4-13-31-23-14-17(9-12-22(23)30-2)25-28-18(15-33-25)10-11-20(29)19-7-5-6-8-21(19)32-16-24(26)27/h3,5-9,12,14-15,24H,1,4,10-11,13,16H2,2H3. The second kappa shape index (κ2) is 11.8. The first kappa shape index (κ1) is 24.0. The molecule has 2 aromatic carbocycles. The van der Waals surface area contributed by atoms with Crippen molar-refractivity contribution in [2.75, 3.05) is 20.3 Å². The maximum Gasteiger partial charge on any atom is 0.272 e. The highest BCUT2D eigenvalue weighted by Gasteiger charge is 2.16. The number of ketones is 1. The number of aromatic nitrogens is 1. The van der Waals surface area contributed by atoms with Gasteiger partial charge in [-0.3, -0.25) is 4.79 Å². The molecule has 0 unspecified atom stereocenters. The summed E-state index contributed by atoms with van der Waals surface area (Å²) in [7, 11) is 1.56. The van der Waals surface area contributed by atoms with Crippen LogP contribution in [0.15, 0.2) is 65.8 Å². The van der Waals surface area contributed by atoms with Crippen LogP contribution in [0.1, 0.15) is 28.9 Å². The van der Waals surface area contributed by atoms with Crippen LogP contribution in [0.4, 0.5) is 8.78 Å². The fraction of sp³-hybridized carbons (Fsp3) is 0.280. The number of ether oxygens (including phenoxy) is 3. The predicted molar refractivity (Wildman–Crippen MR) is 119 cm³/mol. The molecule has 1 heterocycles. The number of carbonyl (C=O) groups excluding carboxylic acids is 1. The summed E-state index contributed by atoms with van der Waals surface area (Å²) in [5, 5.41) is 0. The number of oxazole rings is 1. The maximum absolute atomic E-state index is 12.6. The first-order valence-electron chi connectivity index (χ1n) is 10.4. The lowest BCUT2D eigenvalue weighted by Crippen LogP contribution is -2.10. The summed E-state index contributed by atoms with van der Waals surface area (Å²) in [6, 6.07) is 11.7. The molecule has 0 saturated heterocycles. The van der Waals surface area contributed by atoms with E-state index in [1.54, 1.807) is 49.6 Å². The highest BCUT2D eigenvalue weighted by molar-refractivity contribution is 5.98. The topological polar surface area (TPSA) is 70.8 Å². The Labute approximate surface area is 190 Å². The molecule has 0 bridgehead atoms. The van der Waals surface area contributed by atoms with Crippen LogP contribution in [0.3, 0.4) is 0 Å². The molecule has 0 N–H and O–H groups in total. The van der Waals surface area contributed by atoms with Crippen molar-refractivity contribution in [1.29, 1.82) is 0 Å². The number of Topliss-reactive ketones (excluding diaryl/α,β-unsaturated/α-hetero) is 1. The Morgan fingerprint density at radius 3 is 2.73 bits per heavy atom. The third-order valence-corrected chi connectivity index (χ3v) is 4.70. The molecule has 0 aliphatic rings. The number of carbonyl (C=O) groups is 1. The summed E-state index contributed by atoms with van der Waals surface area (Å²) in [5.41, 5.74) is 1.56. The SMILES string of the molecule is C=CCCOc1cc(-c2nc(CCC(=O)c3ccccc3OCC(F)F)co2)ccc1OC. The van der Waals surface area contributed by atoms with Gasteiger partial charge in [-0.15, -0.1) is 6.58 Å². The Balaban J connectivity index is 1.66. The van der Waals surface area contributed by atoms with E-state index in [-0.39, 0.29) is 23.5 Å². The lowest BCUT2D eigenvalue weighted by atomic mass is 10.0. The van der Waals surface area contributed by atoms with Crippen molar-refractivity contribution in [3.05, 3.63) is 72.6 Å². The molecule has 0 spiro atoms. The summed E-state index contributed by atoms with van der Waals surface area (Å²) in [5.74, 6) is 1.45. The van der Waals surface area contributed by atoms with Gasteiger partial charge < -0.3 is 18.6 Å². The molecule has 0 radical (unpaired) electrons. The van der Waals surface area contributed by atoms with Crippen LogP contribution in [0.5, 0.6) is 17.2 Å². The van der Waals surface area contributed by atoms with Gasteiger partial charge in [0.15, 0.2) is 17.3 Å². The number of benzene rings is 2. The van der Waals surface area contributed by atoms with Gasteiger partial charge in [-0.1, -0.05) is 18.2 Å².